The minimum atomic E-state index is -0.333. The molecule has 0 saturated heterocycles. The molecule has 1 saturated carbocycles. The summed E-state index contributed by atoms with van der Waals surface area (Å²) in [5.74, 6) is 0.906. The average Bonchev–Trinajstić information content (AvgIpc) is 3.10. The van der Waals surface area contributed by atoms with Crippen LogP contribution in [0.1, 0.15) is 24.0 Å². The van der Waals surface area contributed by atoms with Gasteiger partial charge in [0.1, 0.15) is 5.75 Å². The van der Waals surface area contributed by atoms with Gasteiger partial charge in [0, 0.05) is 7.05 Å². The number of hydrazine groups is 1. The Hall–Kier alpha value is -1.55. The zero-order valence-corrected chi connectivity index (χ0v) is 10.5. The summed E-state index contributed by atoms with van der Waals surface area (Å²) in [7, 11) is 3.36. The first-order valence-corrected chi connectivity index (χ1v) is 5.76. The van der Waals surface area contributed by atoms with E-state index in [0.717, 1.165) is 29.7 Å². The molecule has 0 spiro atoms. The lowest BCUT2D eigenvalue weighted by atomic mass is 9.93. The summed E-state index contributed by atoms with van der Waals surface area (Å²) in [6.45, 7) is 1.99. The number of aryl methyl sites for hydroxylation is 1. The molecule has 0 heterocycles. The van der Waals surface area contributed by atoms with Crippen LogP contribution < -0.4 is 15.6 Å². The van der Waals surface area contributed by atoms with Gasteiger partial charge in [-0.15, -0.1) is 0 Å². The minimum Gasteiger partial charge on any atom is -0.496 e. The highest BCUT2D eigenvalue weighted by Crippen LogP contribution is 2.49. The summed E-state index contributed by atoms with van der Waals surface area (Å²) < 4.78 is 5.23. The Labute approximate surface area is 101 Å². The van der Waals surface area contributed by atoms with Crippen molar-refractivity contribution in [3.05, 3.63) is 29.3 Å². The third-order valence-electron chi connectivity index (χ3n) is 3.37. The van der Waals surface area contributed by atoms with Gasteiger partial charge in [-0.2, -0.15) is 0 Å². The number of hydrogen-bond donors (Lipinski definition) is 2. The molecule has 4 heteroatoms. The smallest absolute Gasteiger partial charge is 0.244 e. The highest BCUT2D eigenvalue weighted by atomic mass is 16.5. The average molecular weight is 234 g/mol. The molecule has 1 aromatic carbocycles. The molecule has 0 bridgehead atoms. The van der Waals surface area contributed by atoms with Crippen LogP contribution in [0, 0.1) is 6.92 Å². The Morgan fingerprint density at radius 1 is 1.41 bits per heavy atom. The van der Waals surface area contributed by atoms with E-state index in [9.17, 15) is 4.79 Å². The number of amides is 1. The third kappa shape index (κ3) is 2.00. The number of benzene rings is 1. The predicted octanol–water partition coefficient (Wildman–Crippen LogP) is 1.29. The molecule has 92 valence electrons. The van der Waals surface area contributed by atoms with Gasteiger partial charge < -0.3 is 4.74 Å². The molecule has 2 N–H and O–H groups in total. The van der Waals surface area contributed by atoms with E-state index in [0.29, 0.717) is 0 Å². The van der Waals surface area contributed by atoms with Crippen LogP contribution in [0.3, 0.4) is 0 Å². The van der Waals surface area contributed by atoms with Gasteiger partial charge >= 0.3 is 0 Å². The van der Waals surface area contributed by atoms with Crippen LogP contribution in [-0.4, -0.2) is 20.1 Å². The maximum absolute atomic E-state index is 12.0. The van der Waals surface area contributed by atoms with Gasteiger partial charge in [-0.1, -0.05) is 12.1 Å². The second-order valence-electron chi connectivity index (χ2n) is 4.47. The lowest BCUT2D eigenvalue weighted by Gasteiger charge is -2.16. The lowest BCUT2D eigenvalue weighted by molar-refractivity contribution is -0.124. The molecule has 0 atom stereocenters. The van der Waals surface area contributed by atoms with Crippen molar-refractivity contribution in [2.75, 3.05) is 14.2 Å². The number of carbonyl (C=O) groups is 1. The molecule has 0 aromatic heterocycles. The highest BCUT2D eigenvalue weighted by molar-refractivity contribution is 5.91. The van der Waals surface area contributed by atoms with E-state index in [1.54, 1.807) is 14.2 Å². The number of hydrogen-bond acceptors (Lipinski definition) is 3. The molecular weight excluding hydrogens is 216 g/mol. The van der Waals surface area contributed by atoms with Gasteiger partial charge in [0.15, 0.2) is 0 Å². The van der Waals surface area contributed by atoms with Crippen molar-refractivity contribution >= 4 is 5.91 Å². The maximum atomic E-state index is 12.0. The van der Waals surface area contributed by atoms with Gasteiger partial charge in [-0.3, -0.25) is 10.2 Å². The maximum Gasteiger partial charge on any atom is 0.244 e. The van der Waals surface area contributed by atoms with Crippen LogP contribution in [0.5, 0.6) is 5.75 Å². The Balaban J connectivity index is 2.28. The Morgan fingerprint density at radius 2 is 2.12 bits per heavy atom. The second-order valence-corrected chi connectivity index (χ2v) is 4.47. The fourth-order valence-electron chi connectivity index (χ4n) is 2.18. The Bertz CT molecular complexity index is 439. The zero-order valence-electron chi connectivity index (χ0n) is 10.5. The van der Waals surface area contributed by atoms with Crippen molar-refractivity contribution in [3.63, 3.8) is 0 Å². The summed E-state index contributed by atoms with van der Waals surface area (Å²) in [6.07, 6.45) is 1.82. The van der Waals surface area contributed by atoms with E-state index in [2.05, 4.69) is 10.9 Å². The van der Waals surface area contributed by atoms with E-state index in [1.807, 2.05) is 25.1 Å². The number of methoxy groups -OCH3 is 1. The van der Waals surface area contributed by atoms with Crippen molar-refractivity contribution < 1.29 is 9.53 Å². The molecule has 0 unspecified atom stereocenters. The van der Waals surface area contributed by atoms with Crippen molar-refractivity contribution in [1.82, 2.24) is 10.9 Å². The van der Waals surface area contributed by atoms with Crippen LogP contribution in [0.15, 0.2) is 18.2 Å². The summed E-state index contributed by atoms with van der Waals surface area (Å²) in [4.78, 5) is 12.0. The lowest BCUT2D eigenvalue weighted by Crippen LogP contribution is -2.41. The molecule has 17 heavy (non-hydrogen) atoms. The number of ether oxygens (including phenoxy) is 1. The Morgan fingerprint density at radius 3 is 2.59 bits per heavy atom. The van der Waals surface area contributed by atoms with E-state index >= 15 is 0 Å². The van der Waals surface area contributed by atoms with Gasteiger partial charge in [0.05, 0.1) is 12.5 Å². The minimum absolute atomic E-state index is 0.0459. The molecule has 0 radical (unpaired) electrons. The van der Waals surface area contributed by atoms with Crippen molar-refractivity contribution in [2.24, 2.45) is 0 Å². The SMILES string of the molecule is CNNC(=O)C1(c2ccc(OC)c(C)c2)CC1. The van der Waals surface area contributed by atoms with Crippen molar-refractivity contribution in [2.45, 2.75) is 25.2 Å². The number of nitrogens with one attached hydrogen (secondary N) is 2. The van der Waals surface area contributed by atoms with E-state index in [4.69, 9.17) is 4.74 Å². The quantitative estimate of drug-likeness (QED) is 0.772. The predicted molar refractivity (Wildman–Crippen MR) is 65.8 cm³/mol. The fourth-order valence-corrected chi connectivity index (χ4v) is 2.18. The van der Waals surface area contributed by atoms with E-state index in [1.165, 1.54) is 0 Å². The fraction of sp³-hybridized carbons (Fsp3) is 0.462. The van der Waals surface area contributed by atoms with Gasteiger partial charge in [0.25, 0.3) is 0 Å². The molecular formula is C13H18N2O2. The summed E-state index contributed by atoms with van der Waals surface area (Å²) in [6, 6.07) is 5.95. The topological polar surface area (TPSA) is 50.4 Å². The second kappa shape index (κ2) is 4.37. The van der Waals surface area contributed by atoms with E-state index in [-0.39, 0.29) is 11.3 Å². The molecule has 4 nitrogen and oxygen atoms in total. The summed E-state index contributed by atoms with van der Waals surface area (Å²) in [5, 5.41) is 0. The zero-order chi connectivity index (χ0) is 12.5. The van der Waals surface area contributed by atoms with Crippen molar-refractivity contribution in [3.8, 4) is 5.75 Å². The third-order valence-corrected chi connectivity index (χ3v) is 3.37. The van der Waals surface area contributed by atoms with Gasteiger partial charge in [0.2, 0.25) is 5.91 Å². The first-order chi connectivity index (χ1) is 8.14. The van der Waals surface area contributed by atoms with Gasteiger partial charge in [-0.25, -0.2) is 5.43 Å². The van der Waals surface area contributed by atoms with Crippen LogP contribution in [0.25, 0.3) is 0 Å². The molecule has 1 aromatic rings. The molecule has 2 rings (SSSR count). The molecule has 1 fully saturated rings. The molecule has 1 aliphatic rings. The monoisotopic (exact) mass is 234 g/mol. The molecule has 0 aliphatic heterocycles. The highest BCUT2D eigenvalue weighted by Gasteiger charge is 2.51. The van der Waals surface area contributed by atoms with Crippen molar-refractivity contribution in [1.29, 1.82) is 0 Å². The van der Waals surface area contributed by atoms with Crippen LogP contribution in [-0.2, 0) is 10.2 Å². The summed E-state index contributed by atoms with van der Waals surface area (Å²) in [5.41, 5.74) is 7.17. The number of carbonyl (C=O) groups excluding carboxylic acids is 1. The standard InChI is InChI=1S/C13H18N2O2/c1-9-8-10(4-5-11(9)17-3)13(6-7-13)12(16)15-14-2/h4-5,8,14H,6-7H2,1-3H3,(H,15,16). The van der Waals surface area contributed by atoms with Crippen LogP contribution >= 0.6 is 0 Å². The van der Waals surface area contributed by atoms with Gasteiger partial charge in [-0.05, 0) is 37.0 Å². The Kier molecular flexibility index (Phi) is 3.07. The summed E-state index contributed by atoms with van der Waals surface area (Å²) >= 11 is 0. The van der Waals surface area contributed by atoms with Crippen LogP contribution in [0.4, 0.5) is 0 Å². The largest absolute Gasteiger partial charge is 0.496 e. The van der Waals surface area contributed by atoms with Crippen LogP contribution in [0.2, 0.25) is 0 Å². The number of rotatable bonds is 4. The first kappa shape index (κ1) is 11.9. The molecule has 1 amide bonds. The normalized spacial score (nSPS) is 16.4. The first-order valence-electron chi connectivity index (χ1n) is 5.76. The molecule has 1 aliphatic carbocycles. The van der Waals surface area contributed by atoms with E-state index < -0.39 is 0 Å².